The number of benzene rings is 2. The highest BCUT2D eigenvalue weighted by Gasteiger charge is 2.22. The van der Waals surface area contributed by atoms with E-state index in [2.05, 4.69) is 16.6 Å². The van der Waals surface area contributed by atoms with E-state index in [9.17, 15) is 14.9 Å². The number of nitrogens with zero attached hydrogens (tertiary/aromatic N) is 6. The molecule has 9 nitrogen and oxygen atoms in total. The van der Waals surface area contributed by atoms with Gasteiger partial charge >= 0.3 is 5.69 Å². The van der Waals surface area contributed by atoms with Crippen molar-refractivity contribution in [3.05, 3.63) is 87.0 Å². The first-order valence-corrected chi connectivity index (χ1v) is 10.8. The van der Waals surface area contributed by atoms with Crippen molar-refractivity contribution in [2.24, 2.45) is 0 Å². The summed E-state index contributed by atoms with van der Waals surface area (Å²) in [5.74, 6) is 0.746. The molecule has 4 aromatic rings. The van der Waals surface area contributed by atoms with Crippen LogP contribution in [0.5, 0.6) is 0 Å². The molecule has 170 valence electrons. The lowest BCUT2D eigenvalue weighted by atomic mass is 10.1. The summed E-state index contributed by atoms with van der Waals surface area (Å²) in [6.07, 6.45) is 0. The summed E-state index contributed by atoms with van der Waals surface area (Å²) in [6, 6.07) is 15.2. The maximum absolute atomic E-state index is 13.0. The number of carbonyl (C=O) groups is 1. The van der Waals surface area contributed by atoms with Crippen LogP contribution in [0.1, 0.15) is 40.1 Å². The van der Waals surface area contributed by atoms with Gasteiger partial charge < -0.3 is 9.47 Å². The topological polar surface area (TPSA) is 99.1 Å². The lowest BCUT2D eigenvalue weighted by Crippen LogP contribution is -2.27. The number of hydrogen-bond acceptors (Lipinski definition) is 5. The number of amides is 1. The second kappa shape index (κ2) is 8.85. The minimum absolute atomic E-state index is 0.0431. The van der Waals surface area contributed by atoms with Gasteiger partial charge in [-0.25, -0.2) is 4.98 Å². The Bertz CT molecular complexity index is 1340. The Morgan fingerprint density at radius 3 is 2.45 bits per heavy atom. The molecule has 0 fully saturated rings. The minimum Gasteiger partial charge on any atom is -0.334 e. The molecule has 0 atom stereocenters. The minimum atomic E-state index is -0.404. The van der Waals surface area contributed by atoms with Crippen LogP contribution in [0, 0.1) is 24.0 Å². The molecule has 0 saturated heterocycles. The van der Waals surface area contributed by atoms with Gasteiger partial charge in [-0.1, -0.05) is 24.3 Å². The van der Waals surface area contributed by atoms with E-state index in [0.717, 1.165) is 29.0 Å². The molecule has 9 heteroatoms. The van der Waals surface area contributed by atoms with Crippen molar-refractivity contribution in [1.82, 2.24) is 24.2 Å². The van der Waals surface area contributed by atoms with E-state index < -0.39 is 4.92 Å². The van der Waals surface area contributed by atoms with Gasteiger partial charge in [-0.3, -0.25) is 19.6 Å². The summed E-state index contributed by atoms with van der Waals surface area (Å²) in [5, 5.41) is 15.5. The summed E-state index contributed by atoms with van der Waals surface area (Å²) in [6.45, 7) is 6.96. The third-order valence-electron chi connectivity index (χ3n) is 5.83. The van der Waals surface area contributed by atoms with Gasteiger partial charge in [0.1, 0.15) is 17.2 Å². The number of nitro groups is 1. The van der Waals surface area contributed by atoms with E-state index in [0.29, 0.717) is 30.0 Å². The van der Waals surface area contributed by atoms with Crippen molar-refractivity contribution < 1.29 is 9.72 Å². The average molecular weight is 447 g/mol. The monoisotopic (exact) mass is 446 g/mol. The van der Waals surface area contributed by atoms with Crippen LogP contribution in [-0.4, -0.2) is 42.1 Å². The highest BCUT2D eigenvalue weighted by atomic mass is 16.6. The Kier molecular flexibility index (Phi) is 5.95. The number of aryl methyl sites for hydroxylation is 2. The molecule has 0 aliphatic carbocycles. The van der Waals surface area contributed by atoms with Crippen LogP contribution in [-0.2, 0) is 19.6 Å². The van der Waals surface area contributed by atoms with Gasteiger partial charge in [-0.15, -0.1) is 0 Å². The van der Waals surface area contributed by atoms with Crippen molar-refractivity contribution >= 4 is 22.6 Å². The smallest absolute Gasteiger partial charge is 0.312 e. The van der Waals surface area contributed by atoms with Crippen LogP contribution >= 0.6 is 0 Å². The van der Waals surface area contributed by atoms with Gasteiger partial charge in [0.25, 0.3) is 5.91 Å². The van der Waals surface area contributed by atoms with Gasteiger partial charge in [0.05, 0.1) is 29.0 Å². The van der Waals surface area contributed by atoms with E-state index in [4.69, 9.17) is 4.98 Å². The first-order valence-electron chi connectivity index (χ1n) is 10.8. The summed E-state index contributed by atoms with van der Waals surface area (Å²) < 4.78 is 3.74. The van der Waals surface area contributed by atoms with Gasteiger partial charge in [0, 0.05) is 19.2 Å². The maximum Gasteiger partial charge on any atom is 0.312 e. The van der Waals surface area contributed by atoms with Crippen LogP contribution in [0.2, 0.25) is 0 Å². The van der Waals surface area contributed by atoms with Gasteiger partial charge in [0.15, 0.2) is 0 Å². The summed E-state index contributed by atoms with van der Waals surface area (Å²) in [5.41, 5.74) is 4.40. The fraction of sp³-hybridized carbons (Fsp3) is 0.292. The highest BCUT2D eigenvalue weighted by Crippen LogP contribution is 2.23. The molecule has 1 amide bonds. The van der Waals surface area contributed by atoms with Gasteiger partial charge in [0.2, 0.25) is 0 Å². The summed E-state index contributed by atoms with van der Waals surface area (Å²) in [4.78, 5) is 30.2. The zero-order valence-electron chi connectivity index (χ0n) is 19.1. The Labute approximate surface area is 191 Å². The van der Waals surface area contributed by atoms with E-state index in [1.54, 1.807) is 42.6 Å². The molecule has 0 aliphatic rings. The van der Waals surface area contributed by atoms with Crippen LogP contribution in [0.25, 0.3) is 11.0 Å². The fourth-order valence-corrected chi connectivity index (χ4v) is 4.13. The second-order valence-electron chi connectivity index (χ2n) is 8.05. The Morgan fingerprint density at radius 1 is 1.12 bits per heavy atom. The molecule has 0 unspecified atom stereocenters. The van der Waals surface area contributed by atoms with Crippen LogP contribution < -0.4 is 0 Å². The molecule has 0 saturated carbocycles. The van der Waals surface area contributed by atoms with Crippen molar-refractivity contribution in [3.63, 3.8) is 0 Å². The molecule has 2 heterocycles. The first-order chi connectivity index (χ1) is 15.8. The van der Waals surface area contributed by atoms with Crippen LogP contribution in [0.15, 0.2) is 48.5 Å². The molecule has 0 N–H and O–H groups in total. The summed E-state index contributed by atoms with van der Waals surface area (Å²) >= 11 is 0. The Hall–Kier alpha value is -4.01. The Morgan fingerprint density at radius 2 is 1.82 bits per heavy atom. The number of rotatable bonds is 7. The maximum atomic E-state index is 13.0. The molecule has 0 spiro atoms. The third-order valence-corrected chi connectivity index (χ3v) is 5.83. The zero-order valence-corrected chi connectivity index (χ0v) is 19.1. The van der Waals surface area contributed by atoms with E-state index in [1.165, 1.54) is 0 Å². The van der Waals surface area contributed by atoms with Crippen molar-refractivity contribution in [2.75, 3.05) is 7.05 Å². The fourth-order valence-electron chi connectivity index (χ4n) is 4.13. The quantitative estimate of drug-likeness (QED) is 0.314. The molecule has 33 heavy (non-hydrogen) atoms. The molecule has 0 radical (unpaired) electrons. The summed E-state index contributed by atoms with van der Waals surface area (Å²) in [7, 11) is 1.77. The Balaban J connectivity index is 1.49. The molecule has 4 rings (SSSR count). The highest BCUT2D eigenvalue weighted by molar-refractivity contribution is 5.94. The first kappa shape index (κ1) is 22.2. The lowest BCUT2D eigenvalue weighted by Gasteiger charge is -2.18. The average Bonchev–Trinajstić information content (AvgIpc) is 3.28. The number of hydrogen-bond donors (Lipinski definition) is 0. The zero-order chi connectivity index (χ0) is 23.7. The molecule has 0 aliphatic heterocycles. The number of para-hydroxylation sites is 2. The van der Waals surface area contributed by atoms with E-state index in [-0.39, 0.29) is 11.6 Å². The van der Waals surface area contributed by atoms with Gasteiger partial charge in [-0.05, 0) is 50.6 Å². The number of imidazole rings is 1. The van der Waals surface area contributed by atoms with Crippen LogP contribution in [0.3, 0.4) is 0 Å². The van der Waals surface area contributed by atoms with Crippen LogP contribution in [0.4, 0.5) is 5.69 Å². The van der Waals surface area contributed by atoms with E-state index >= 15 is 0 Å². The third kappa shape index (κ3) is 4.21. The molecular formula is C24H26N6O3. The second-order valence-corrected chi connectivity index (χ2v) is 8.05. The number of carbonyl (C=O) groups excluding carboxylic acids is 1. The number of fused-ring (bicyclic) bond motifs is 1. The molecule has 2 aromatic heterocycles. The molecule has 0 bridgehead atoms. The molecular weight excluding hydrogens is 420 g/mol. The number of aromatic nitrogens is 4. The largest absolute Gasteiger partial charge is 0.334 e. The predicted octanol–water partition coefficient (Wildman–Crippen LogP) is 4.10. The predicted molar refractivity (Wildman–Crippen MR) is 125 cm³/mol. The molecule has 2 aromatic carbocycles. The van der Waals surface area contributed by atoms with Gasteiger partial charge in [-0.2, -0.15) is 5.10 Å². The van der Waals surface area contributed by atoms with E-state index in [1.807, 2.05) is 36.4 Å². The normalized spacial score (nSPS) is 11.2. The SMILES string of the molecule is CCn1c(CN(C)C(=O)c2ccc(Cn3nc(C)c([N+](=O)[O-])c3C)cc2)nc2ccccc21. The van der Waals surface area contributed by atoms with Crippen molar-refractivity contribution in [2.45, 2.75) is 40.4 Å². The van der Waals surface area contributed by atoms with Crippen molar-refractivity contribution in [3.8, 4) is 0 Å². The standard InChI is InChI=1S/C24H26N6O3/c1-5-28-21-9-7-6-8-20(21)25-22(28)15-27(4)24(31)19-12-10-18(11-13-19)14-29-17(3)23(30(32)33)16(2)26-29/h6-13H,5,14-15H2,1-4H3. The lowest BCUT2D eigenvalue weighted by molar-refractivity contribution is -0.386. The van der Waals surface area contributed by atoms with Crippen molar-refractivity contribution in [1.29, 1.82) is 0 Å².